The summed E-state index contributed by atoms with van der Waals surface area (Å²) in [5.41, 5.74) is 5.37. The average molecular weight is 300 g/mol. The molecule has 19 heavy (non-hydrogen) atoms. The summed E-state index contributed by atoms with van der Waals surface area (Å²) in [5.74, 6) is 0.785. The van der Waals surface area contributed by atoms with Crippen molar-refractivity contribution in [3.8, 4) is 0 Å². The smallest absolute Gasteiger partial charge is 0.227 e. The van der Waals surface area contributed by atoms with E-state index in [1.807, 2.05) is 18.4 Å². The fraction of sp³-hybridized carbons (Fsp3) is 0.417. The van der Waals surface area contributed by atoms with Gasteiger partial charge in [0.25, 0.3) is 0 Å². The Kier molecular flexibility index (Phi) is 6.52. The van der Waals surface area contributed by atoms with Crippen molar-refractivity contribution in [1.82, 2.24) is 15.0 Å². The van der Waals surface area contributed by atoms with E-state index in [9.17, 15) is 0 Å². The highest BCUT2D eigenvalue weighted by Gasteiger charge is 2.00. The summed E-state index contributed by atoms with van der Waals surface area (Å²) >= 11 is 7.31. The Morgan fingerprint density at radius 3 is 2.63 bits per heavy atom. The Morgan fingerprint density at radius 1 is 1.47 bits per heavy atom. The zero-order chi connectivity index (χ0) is 14.3. The van der Waals surface area contributed by atoms with Crippen LogP contribution in [0.25, 0.3) is 0 Å². The number of nitrogens with zero attached hydrogens (tertiary/aromatic N) is 3. The van der Waals surface area contributed by atoms with Crippen LogP contribution in [0.2, 0.25) is 5.02 Å². The molecule has 2 heterocycles. The molecule has 0 saturated heterocycles. The molecular formula is C12H18ClN5S. The van der Waals surface area contributed by atoms with Crippen LogP contribution in [0.15, 0.2) is 17.8 Å². The minimum atomic E-state index is 0.246. The quantitative estimate of drug-likeness (QED) is 0.908. The molecular weight excluding hydrogens is 282 g/mol. The summed E-state index contributed by atoms with van der Waals surface area (Å²) in [7, 11) is 0. The van der Waals surface area contributed by atoms with E-state index in [2.05, 4.69) is 34.1 Å². The third kappa shape index (κ3) is 5.85. The van der Waals surface area contributed by atoms with E-state index in [0.29, 0.717) is 12.0 Å². The molecule has 0 radical (unpaired) electrons. The molecule has 0 saturated carbocycles. The molecule has 0 bridgehead atoms. The van der Waals surface area contributed by atoms with Crippen molar-refractivity contribution in [2.24, 2.45) is 0 Å². The number of halogens is 1. The number of hydrogen-bond donors (Lipinski definition) is 2. The molecule has 3 N–H and O–H groups in total. The number of nitrogens with one attached hydrogen (secondary N) is 1. The number of thiophene rings is 1. The van der Waals surface area contributed by atoms with Gasteiger partial charge in [0.1, 0.15) is 6.33 Å². The topological polar surface area (TPSA) is 76.7 Å². The monoisotopic (exact) mass is 299 g/mol. The van der Waals surface area contributed by atoms with Crippen LogP contribution in [0.5, 0.6) is 0 Å². The van der Waals surface area contributed by atoms with Gasteiger partial charge in [0.05, 0.1) is 5.02 Å². The van der Waals surface area contributed by atoms with Crippen LogP contribution in [0.3, 0.4) is 0 Å². The predicted octanol–water partition coefficient (Wildman–Crippen LogP) is 3.37. The molecule has 0 aromatic carbocycles. The summed E-state index contributed by atoms with van der Waals surface area (Å²) in [6.45, 7) is 6.15. The molecule has 5 nitrogen and oxygen atoms in total. The highest BCUT2D eigenvalue weighted by atomic mass is 35.5. The van der Waals surface area contributed by atoms with Gasteiger partial charge in [-0.3, -0.25) is 0 Å². The Morgan fingerprint density at radius 2 is 2.21 bits per heavy atom. The molecule has 2 aromatic heterocycles. The van der Waals surface area contributed by atoms with Crippen molar-refractivity contribution in [3.05, 3.63) is 27.7 Å². The van der Waals surface area contributed by atoms with Gasteiger partial charge >= 0.3 is 0 Å². The first-order chi connectivity index (χ1) is 9.02. The van der Waals surface area contributed by atoms with E-state index < -0.39 is 0 Å². The molecule has 0 aliphatic heterocycles. The van der Waals surface area contributed by atoms with Gasteiger partial charge in [-0.2, -0.15) is 4.98 Å². The molecule has 0 fully saturated rings. The van der Waals surface area contributed by atoms with Crippen LogP contribution < -0.4 is 11.1 Å². The Labute approximate surface area is 122 Å². The summed E-state index contributed by atoms with van der Waals surface area (Å²) in [4.78, 5) is 12.7. The summed E-state index contributed by atoms with van der Waals surface area (Å²) in [5, 5.41) is 5.95. The lowest BCUT2D eigenvalue weighted by Crippen LogP contribution is -2.16. The highest BCUT2D eigenvalue weighted by Crippen LogP contribution is 2.19. The minimum Gasteiger partial charge on any atom is -0.368 e. The molecule has 2 rings (SSSR count). The van der Waals surface area contributed by atoms with Crippen molar-refractivity contribution in [3.63, 3.8) is 0 Å². The third-order valence-electron chi connectivity index (χ3n) is 2.37. The number of anilines is 2. The van der Waals surface area contributed by atoms with Gasteiger partial charge in [-0.1, -0.05) is 18.5 Å². The lowest BCUT2D eigenvalue weighted by atomic mass is 10.3. The molecule has 0 spiro atoms. The minimum absolute atomic E-state index is 0.246. The van der Waals surface area contributed by atoms with Gasteiger partial charge in [-0.25, -0.2) is 9.97 Å². The zero-order valence-electron chi connectivity index (χ0n) is 11.2. The van der Waals surface area contributed by atoms with E-state index in [4.69, 9.17) is 17.3 Å². The second-order valence-electron chi connectivity index (χ2n) is 3.95. The molecule has 0 aliphatic carbocycles. The Bertz CT molecular complexity index is 486. The number of aromatic nitrogens is 3. The number of rotatable bonds is 3. The first-order valence-electron chi connectivity index (χ1n) is 5.93. The van der Waals surface area contributed by atoms with Crippen molar-refractivity contribution < 1.29 is 0 Å². The fourth-order valence-corrected chi connectivity index (χ4v) is 1.93. The van der Waals surface area contributed by atoms with Crippen LogP contribution in [0.1, 0.15) is 25.1 Å². The van der Waals surface area contributed by atoms with Crippen molar-refractivity contribution >= 4 is 34.8 Å². The van der Waals surface area contributed by atoms with E-state index in [0.717, 1.165) is 11.4 Å². The Hall–Kier alpha value is -1.40. The summed E-state index contributed by atoms with van der Waals surface area (Å²) < 4.78 is 0. The molecule has 1 unspecified atom stereocenters. The molecule has 1 atom stereocenters. The maximum absolute atomic E-state index is 5.63. The standard InChI is InChI=1S/C7H13N5.C5H5ClS/c1-3-5(2)11-7-10-4-9-6(8)12-7;1-4-5(6)2-3-7-4/h4-5H,3H2,1-2H3,(H3,8,9,10,11,12);2-3H,1H3. The van der Waals surface area contributed by atoms with Gasteiger partial charge in [0, 0.05) is 10.9 Å². The summed E-state index contributed by atoms with van der Waals surface area (Å²) in [6, 6.07) is 2.26. The maximum Gasteiger partial charge on any atom is 0.227 e. The first-order valence-corrected chi connectivity index (χ1v) is 7.19. The summed E-state index contributed by atoms with van der Waals surface area (Å²) in [6.07, 6.45) is 2.42. The van der Waals surface area contributed by atoms with Crippen LogP contribution in [0.4, 0.5) is 11.9 Å². The van der Waals surface area contributed by atoms with E-state index >= 15 is 0 Å². The number of aryl methyl sites for hydroxylation is 1. The average Bonchev–Trinajstić information content (AvgIpc) is 2.74. The van der Waals surface area contributed by atoms with Gasteiger partial charge < -0.3 is 11.1 Å². The normalized spacial score (nSPS) is 11.4. The third-order valence-corrected chi connectivity index (χ3v) is 3.74. The van der Waals surface area contributed by atoms with Gasteiger partial charge in [-0.05, 0) is 31.7 Å². The molecule has 0 amide bonds. The molecule has 7 heteroatoms. The second kappa shape index (κ2) is 7.91. The molecule has 2 aromatic rings. The van der Waals surface area contributed by atoms with Gasteiger partial charge in [-0.15, -0.1) is 11.3 Å². The number of hydrogen-bond acceptors (Lipinski definition) is 6. The van der Waals surface area contributed by atoms with Crippen molar-refractivity contribution in [1.29, 1.82) is 0 Å². The highest BCUT2D eigenvalue weighted by molar-refractivity contribution is 7.10. The van der Waals surface area contributed by atoms with Crippen molar-refractivity contribution in [2.75, 3.05) is 11.1 Å². The first kappa shape index (κ1) is 15.7. The van der Waals surface area contributed by atoms with Crippen LogP contribution in [0, 0.1) is 6.92 Å². The molecule has 0 aliphatic rings. The maximum atomic E-state index is 5.63. The molecule has 104 valence electrons. The van der Waals surface area contributed by atoms with Crippen molar-refractivity contribution in [2.45, 2.75) is 33.2 Å². The van der Waals surface area contributed by atoms with Gasteiger partial charge in [0.15, 0.2) is 0 Å². The number of nitrogens with two attached hydrogens (primary N) is 1. The van der Waals surface area contributed by atoms with Gasteiger partial charge in [0.2, 0.25) is 11.9 Å². The van der Waals surface area contributed by atoms with Crippen LogP contribution in [-0.4, -0.2) is 21.0 Å². The van der Waals surface area contributed by atoms with E-state index in [-0.39, 0.29) is 5.95 Å². The fourth-order valence-electron chi connectivity index (χ4n) is 1.07. The van der Waals surface area contributed by atoms with E-state index in [1.54, 1.807) is 11.3 Å². The lowest BCUT2D eigenvalue weighted by Gasteiger charge is -2.09. The zero-order valence-corrected chi connectivity index (χ0v) is 12.8. The number of nitrogen functional groups attached to an aromatic ring is 1. The van der Waals surface area contributed by atoms with Crippen LogP contribution in [-0.2, 0) is 0 Å². The van der Waals surface area contributed by atoms with E-state index in [1.165, 1.54) is 11.2 Å². The largest absolute Gasteiger partial charge is 0.368 e. The second-order valence-corrected chi connectivity index (χ2v) is 5.47. The Balaban J connectivity index is 0.000000218. The predicted molar refractivity (Wildman–Crippen MR) is 81.7 cm³/mol. The van der Waals surface area contributed by atoms with Crippen LogP contribution >= 0.6 is 22.9 Å². The lowest BCUT2D eigenvalue weighted by molar-refractivity contribution is 0.751. The SMILES string of the molecule is CCC(C)Nc1ncnc(N)n1.Cc1sccc1Cl.